The lowest BCUT2D eigenvalue weighted by Crippen LogP contribution is -2.35. The zero-order valence-electron chi connectivity index (χ0n) is 7.22. The molecule has 0 bridgehead atoms. The number of rotatable bonds is 5. The minimum absolute atomic E-state index is 0.586. The molecule has 0 fully saturated rings. The third-order valence-corrected chi connectivity index (χ3v) is 1.81. The van der Waals surface area contributed by atoms with Crippen LogP contribution in [0.2, 0.25) is 0 Å². The highest BCUT2D eigenvalue weighted by Gasteiger charge is 2.03. The molecule has 0 aliphatic heterocycles. The van der Waals surface area contributed by atoms with Gasteiger partial charge in [-0.1, -0.05) is 13.5 Å². The predicted molar refractivity (Wildman–Crippen MR) is 46.0 cm³/mol. The molecule has 0 spiro atoms. The van der Waals surface area contributed by atoms with Gasteiger partial charge in [-0.05, 0) is 26.7 Å². The topological polar surface area (TPSA) is 15.3 Å². The zero-order valence-corrected chi connectivity index (χ0v) is 7.22. The van der Waals surface area contributed by atoms with Gasteiger partial charge in [0.15, 0.2) is 0 Å². The second-order valence-electron chi connectivity index (χ2n) is 2.53. The summed E-state index contributed by atoms with van der Waals surface area (Å²) in [6, 6.07) is 0.586. The molecule has 10 heavy (non-hydrogen) atoms. The first kappa shape index (κ1) is 9.50. The van der Waals surface area contributed by atoms with Gasteiger partial charge in [-0.25, -0.2) is 0 Å². The van der Waals surface area contributed by atoms with Gasteiger partial charge in [-0.2, -0.15) is 0 Å². The van der Waals surface area contributed by atoms with E-state index in [0.29, 0.717) is 6.04 Å². The van der Waals surface area contributed by atoms with Gasteiger partial charge in [-0.15, -0.1) is 0 Å². The zero-order chi connectivity index (χ0) is 7.98. The van der Waals surface area contributed by atoms with Crippen molar-refractivity contribution in [1.29, 1.82) is 0 Å². The van der Waals surface area contributed by atoms with Gasteiger partial charge in [0.1, 0.15) is 0 Å². The number of nitrogens with zero attached hydrogens (tertiary/aromatic N) is 1. The summed E-state index contributed by atoms with van der Waals surface area (Å²) in [5.74, 6) is 0. The largest absolute Gasteiger partial charge is 0.390 e. The molecule has 0 amide bonds. The predicted octanol–water partition coefficient (Wildman–Crippen LogP) is 1.06. The van der Waals surface area contributed by atoms with Crippen LogP contribution < -0.4 is 5.32 Å². The van der Waals surface area contributed by atoms with Crippen LogP contribution in [0.5, 0.6) is 0 Å². The van der Waals surface area contributed by atoms with Gasteiger partial charge in [0.2, 0.25) is 0 Å². The molecule has 0 saturated carbocycles. The molecule has 0 aromatic heterocycles. The standard InChI is InChI=1S/C8H18N2/c1-5-9-7-8(3)10(4)6-2/h5,8-9H,1,6-7H2,2-4H3. The van der Waals surface area contributed by atoms with E-state index in [9.17, 15) is 0 Å². The van der Waals surface area contributed by atoms with Crippen LogP contribution in [0.4, 0.5) is 0 Å². The molecule has 0 heterocycles. The Labute approximate surface area is 63.9 Å². The summed E-state index contributed by atoms with van der Waals surface area (Å²) < 4.78 is 0. The van der Waals surface area contributed by atoms with Crippen molar-refractivity contribution >= 4 is 0 Å². The van der Waals surface area contributed by atoms with E-state index in [1.54, 1.807) is 6.20 Å². The Bertz CT molecular complexity index is 91.3. The van der Waals surface area contributed by atoms with Crippen LogP contribution in [0.1, 0.15) is 13.8 Å². The molecule has 2 nitrogen and oxygen atoms in total. The Balaban J connectivity index is 3.40. The van der Waals surface area contributed by atoms with E-state index in [0.717, 1.165) is 13.1 Å². The summed E-state index contributed by atoms with van der Waals surface area (Å²) in [5.41, 5.74) is 0. The van der Waals surface area contributed by atoms with Crippen molar-refractivity contribution in [2.45, 2.75) is 19.9 Å². The van der Waals surface area contributed by atoms with Crippen molar-refractivity contribution in [2.24, 2.45) is 0 Å². The van der Waals surface area contributed by atoms with Crippen molar-refractivity contribution < 1.29 is 0 Å². The molecule has 0 saturated heterocycles. The molecular weight excluding hydrogens is 124 g/mol. The molecule has 1 N–H and O–H groups in total. The van der Waals surface area contributed by atoms with Crippen molar-refractivity contribution in [3.8, 4) is 0 Å². The number of nitrogens with one attached hydrogen (secondary N) is 1. The van der Waals surface area contributed by atoms with Crippen molar-refractivity contribution in [2.75, 3.05) is 20.1 Å². The average molecular weight is 142 g/mol. The molecule has 0 rings (SSSR count). The van der Waals surface area contributed by atoms with Crippen LogP contribution in [0, 0.1) is 0 Å². The first-order valence-electron chi connectivity index (χ1n) is 3.76. The van der Waals surface area contributed by atoms with E-state index in [1.807, 2.05) is 0 Å². The van der Waals surface area contributed by atoms with Gasteiger partial charge < -0.3 is 10.2 Å². The van der Waals surface area contributed by atoms with Crippen LogP contribution in [-0.4, -0.2) is 31.1 Å². The third-order valence-electron chi connectivity index (χ3n) is 1.81. The second kappa shape index (κ2) is 5.30. The molecule has 0 aliphatic rings. The molecule has 2 heteroatoms. The summed E-state index contributed by atoms with van der Waals surface area (Å²) in [4.78, 5) is 2.29. The fraction of sp³-hybridized carbons (Fsp3) is 0.750. The second-order valence-corrected chi connectivity index (χ2v) is 2.53. The maximum Gasteiger partial charge on any atom is 0.0294 e. The van der Waals surface area contributed by atoms with Crippen LogP contribution in [0.15, 0.2) is 12.8 Å². The molecule has 0 aliphatic carbocycles. The fourth-order valence-electron chi connectivity index (χ4n) is 0.721. The summed E-state index contributed by atoms with van der Waals surface area (Å²) >= 11 is 0. The van der Waals surface area contributed by atoms with Crippen molar-refractivity contribution in [3.05, 3.63) is 12.8 Å². The van der Waals surface area contributed by atoms with Gasteiger partial charge in [0.25, 0.3) is 0 Å². The highest BCUT2D eigenvalue weighted by Crippen LogP contribution is 1.91. The molecular formula is C8H18N2. The lowest BCUT2D eigenvalue weighted by Gasteiger charge is -2.22. The maximum absolute atomic E-state index is 3.59. The highest BCUT2D eigenvalue weighted by molar-refractivity contribution is 4.70. The minimum atomic E-state index is 0.586. The molecule has 0 aromatic carbocycles. The summed E-state index contributed by atoms with van der Waals surface area (Å²) in [6.07, 6.45) is 1.74. The van der Waals surface area contributed by atoms with E-state index in [-0.39, 0.29) is 0 Å². The van der Waals surface area contributed by atoms with Crippen LogP contribution >= 0.6 is 0 Å². The lowest BCUT2D eigenvalue weighted by molar-refractivity contribution is 0.269. The summed E-state index contributed by atoms with van der Waals surface area (Å²) in [7, 11) is 2.12. The number of hydrogen-bond acceptors (Lipinski definition) is 2. The summed E-state index contributed by atoms with van der Waals surface area (Å²) in [5, 5.41) is 3.09. The average Bonchev–Trinajstić information content (AvgIpc) is 1.98. The third kappa shape index (κ3) is 3.51. The lowest BCUT2D eigenvalue weighted by atomic mass is 10.3. The van der Waals surface area contributed by atoms with E-state index >= 15 is 0 Å². The highest BCUT2D eigenvalue weighted by atomic mass is 15.1. The van der Waals surface area contributed by atoms with Gasteiger partial charge in [0.05, 0.1) is 0 Å². The monoisotopic (exact) mass is 142 g/mol. The van der Waals surface area contributed by atoms with E-state index in [4.69, 9.17) is 0 Å². The summed E-state index contributed by atoms with van der Waals surface area (Å²) in [6.45, 7) is 10.0. The molecule has 60 valence electrons. The van der Waals surface area contributed by atoms with Gasteiger partial charge >= 0.3 is 0 Å². The molecule has 1 unspecified atom stereocenters. The first-order chi connectivity index (χ1) is 4.72. The van der Waals surface area contributed by atoms with Crippen molar-refractivity contribution in [1.82, 2.24) is 10.2 Å². The maximum atomic E-state index is 3.59. The van der Waals surface area contributed by atoms with Crippen molar-refractivity contribution in [3.63, 3.8) is 0 Å². The van der Waals surface area contributed by atoms with E-state index < -0.39 is 0 Å². The van der Waals surface area contributed by atoms with E-state index in [2.05, 4.69) is 37.7 Å². The number of likely N-dealkylation sites (N-methyl/N-ethyl adjacent to an activating group) is 1. The van der Waals surface area contributed by atoms with Crippen LogP contribution in [-0.2, 0) is 0 Å². The quantitative estimate of drug-likeness (QED) is 0.617. The van der Waals surface area contributed by atoms with Crippen LogP contribution in [0.3, 0.4) is 0 Å². The Kier molecular flexibility index (Phi) is 5.03. The Morgan fingerprint density at radius 3 is 2.70 bits per heavy atom. The molecule has 0 aromatic rings. The SMILES string of the molecule is C=CNCC(C)N(C)CC. The van der Waals surface area contributed by atoms with E-state index in [1.165, 1.54) is 0 Å². The Hall–Kier alpha value is -0.500. The molecule has 1 atom stereocenters. The van der Waals surface area contributed by atoms with Gasteiger partial charge in [0, 0.05) is 12.6 Å². The Morgan fingerprint density at radius 2 is 2.30 bits per heavy atom. The first-order valence-corrected chi connectivity index (χ1v) is 3.76. The fourth-order valence-corrected chi connectivity index (χ4v) is 0.721. The van der Waals surface area contributed by atoms with Crippen LogP contribution in [0.25, 0.3) is 0 Å². The minimum Gasteiger partial charge on any atom is -0.390 e. The Morgan fingerprint density at radius 1 is 1.70 bits per heavy atom. The molecule has 0 radical (unpaired) electrons. The normalized spacial score (nSPS) is 13.2. The van der Waals surface area contributed by atoms with Gasteiger partial charge in [-0.3, -0.25) is 0 Å². The number of hydrogen-bond donors (Lipinski definition) is 1. The smallest absolute Gasteiger partial charge is 0.0294 e.